The van der Waals surface area contributed by atoms with E-state index in [0.29, 0.717) is 23.5 Å². The molecule has 4 aromatic rings. The van der Waals surface area contributed by atoms with E-state index < -0.39 is 28.5 Å². The van der Waals surface area contributed by atoms with Crippen LogP contribution in [-0.2, 0) is 32.6 Å². The Morgan fingerprint density at radius 1 is 0.826 bits per heavy atom. The fourth-order valence-electron chi connectivity index (χ4n) is 5.17. The van der Waals surface area contributed by atoms with E-state index in [1.165, 1.54) is 17.0 Å². The molecule has 2 amide bonds. The number of rotatable bonds is 14. The molecule has 0 aromatic heterocycles. The van der Waals surface area contributed by atoms with E-state index in [0.717, 1.165) is 21.0 Å². The molecule has 1 N–H and O–H groups in total. The molecule has 4 rings (SSSR count). The molecular weight excluding hydrogens is 598 g/mol. The second-order valence-electron chi connectivity index (χ2n) is 11.8. The summed E-state index contributed by atoms with van der Waals surface area (Å²) in [6, 6.07) is 29.5. The highest BCUT2D eigenvalue weighted by Gasteiger charge is 2.35. The number of methoxy groups -OCH3 is 1. The van der Waals surface area contributed by atoms with Crippen molar-refractivity contribution < 1.29 is 22.7 Å². The highest BCUT2D eigenvalue weighted by Crippen LogP contribution is 2.29. The van der Waals surface area contributed by atoms with Gasteiger partial charge in [0.1, 0.15) is 18.3 Å². The van der Waals surface area contributed by atoms with Crippen LogP contribution in [0.25, 0.3) is 0 Å². The summed E-state index contributed by atoms with van der Waals surface area (Å²) < 4.78 is 35.1. The topological polar surface area (TPSA) is 96.0 Å². The standard InChI is InChI=1S/C37H43N3O5S/c1-27(2)24-38-37(42)35(23-30-13-8-6-9-14-30)39(25-31-15-12-16-32(22-31)45-5)36(41)26-40(34-21-28(3)19-20-29(34)4)46(43,44)33-17-10-7-11-18-33/h6-22,27,35H,23-26H2,1-5H3,(H,38,42)/t35-/m0/s1. The Hall–Kier alpha value is -4.63. The van der Waals surface area contributed by atoms with Gasteiger partial charge in [-0.25, -0.2) is 8.42 Å². The highest BCUT2D eigenvalue weighted by atomic mass is 32.2. The fraction of sp³-hybridized carbons (Fsp3) is 0.297. The van der Waals surface area contributed by atoms with Gasteiger partial charge in [-0.15, -0.1) is 0 Å². The summed E-state index contributed by atoms with van der Waals surface area (Å²) in [5.74, 6) is -0.0149. The number of hydrogen-bond donors (Lipinski definition) is 1. The molecule has 0 aliphatic rings. The van der Waals surface area contributed by atoms with Gasteiger partial charge in [-0.05, 0) is 72.4 Å². The van der Waals surface area contributed by atoms with Gasteiger partial charge in [0.25, 0.3) is 10.0 Å². The van der Waals surface area contributed by atoms with E-state index in [1.807, 2.05) is 88.4 Å². The minimum Gasteiger partial charge on any atom is -0.497 e. The number of nitrogens with zero attached hydrogens (tertiary/aromatic N) is 2. The Kier molecular flexibility index (Phi) is 11.6. The van der Waals surface area contributed by atoms with Crippen LogP contribution in [-0.4, -0.2) is 51.4 Å². The average Bonchev–Trinajstić information content (AvgIpc) is 3.06. The first-order chi connectivity index (χ1) is 22.0. The summed E-state index contributed by atoms with van der Waals surface area (Å²) in [4.78, 5) is 30.1. The van der Waals surface area contributed by atoms with Crippen LogP contribution < -0.4 is 14.4 Å². The van der Waals surface area contributed by atoms with Crippen LogP contribution in [0.5, 0.6) is 5.75 Å². The lowest BCUT2D eigenvalue weighted by atomic mass is 10.0. The molecule has 0 bridgehead atoms. The maximum absolute atomic E-state index is 14.6. The van der Waals surface area contributed by atoms with E-state index in [9.17, 15) is 18.0 Å². The molecular formula is C37H43N3O5S. The Morgan fingerprint density at radius 2 is 1.48 bits per heavy atom. The van der Waals surface area contributed by atoms with E-state index >= 15 is 0 Å². The number of ether oxygens (including phenoxy) is 1. The number of anilines is 1. The van der Waals surface area contributed by atoms with Gasteiger partial charge in [0.15, 0.2) is 0 Å². The van der Waals surface area contributed by atoms with Crippen molar-refractivity contribution in [3.05, 3.63) is 125 Å². The molecule has 0 unspecified atom stereocenters. The van der Waals surface area contributed by atoms with Gasteiger partial charge in [-0.1, -0.05) is 86.6 Å². The second-order valence-corrected chi connectivity index (χ2v) is 13.7. The van der Waals surface area contributed by atoms with Gasteiger partial charge in [0.05, 0.1) is 17.7 Å². The van der Waals surface area contributed by atoms with Crippen molar-refractivity contribution in [3.63, 3.8) is 0 Å². The molecule has 8 nitrogen and oxygen atoms in total. The number of nitrogens with one attached hydrogen (secondary N) is 1. The SMILES string of the molecule is COc1cccc(CN(C(=O)CN(c2cc(C)ccc2C)S(=O)(=O)c2ccccc2)[C@@H](Cc2ccccc2)C(=O)NCC(C)C)c1. The Labute approximate surface area is 273 Å². The van der Waals surface area contributed by atoms with Gasteiger partial charge in [0, 0.05) is 19.5 Å². The van der Waals surface area contributed by atoms with Gasteiger partial charge in [-0.3, -0.25) is 13.9 Å². The third kappa shape index (κ3) is 8.75. The van der Waals surface area contributed by atoms with Crippen LogP contribution in [0, 0.1) is 19.8 Å². The number of sulfonamides is 1. The summed E-state index contributed by atoms with van der Waals surface area (Å²) in [7, 11) is -2.60. The lowest BCUT2D eigenvalue weighted by Gasteiger charge is -2.34. The minimum absolute atomic E-state index is 0.0641. The van der Waals surface area contributed by atoms with Crippen LogP contribution in [0.2, 0.25) is 0 Å². The van der Waals surface area contributed by atoms with Crippen molar-refractivity contribution in [3.8, 4) is 5.75 Å². The second kappa shape index (κ2) is 15.6. The maximum Gasteiger partial charge on any atom is 0.264 e. The third-order valence-electron chi connectivity index (χ3n) is 7.69. The van der Waals surface area contributed by atoms with Crippen molar-refractivity contribution in [1.29, 1.82) is 0 Å². The van der Waals surface area contributed by atoms with Gasteiger partial charge in [0.2, 0.25) is 11.8 Å². The van der Waals surface area contributed by atoms with Gasteiger partial charge < -0.3 is 15.0 Å². The molecule has 0 radical (unpaired) electrons. The molecule has 0 aliphatic carbocycles. The summed E-state index contributed by atoms with van der Waals surface area (Å²) in [5, 5.41) is 3.01. The predicted molar refractivity (Wildman–Crippen MR) is 182 cm³/mol. The molecule has 242 valence electrons. The first kappa shape index (κ1) is 34.2. The minimum atomic E-state index is -4.17. The molecule has 9 heteroatoms. The van der Waals surface area contributed by atoms with Crippen molar-refractivity contribution in [1.82, 2.24) is 10.2 Å². The van der Waals surface area contributed by atoms with Crippen molar-refractivity contribution in [2.24, 2.45) is 5.92 Å². The number of hydrogen-bond acceptors (Lipinski definition) is 5. The van der Waals surface area contributed by atoms with Crippen LogP contribution in [0.4, 0.5) is 5.69 Å². The van der Waals surface area contributed by atoms with Gasteiger partial charge in [-0.2, -0.15) is 0 Å². The van der Waals surface area contributed by atoms with Crippen LogP contribution in [0.1, 0.15) is 36.1 Å². The Bertz CT molecular complexity index is 1730. The van der Waals surface area contributed by atoms with Crippen LogP contribution in [0.3, 0.4) is 0 Å². The summed E-state index contributed by atoms with van der Waals surface area (Å²) in [6.45, 7) is 7.69. The number of aryl methyl sites for hydroxylation is 2. The van der Waals surface area contributed by atoms with E-state index in [4.69, 9.17) is 4.74 Å². The molecule has 0 saturated carbocycles. The number of carbonyl (C=O) groups is 2. The first-order valence-electron chi connectivity index (χ1n) is 15.4. The van der Waals surface area contributed by atoms with E-state index in [1.54, 1.807) is 37.4 Å². The molecule has 0 saturated heterocycles. The number of carbonyl (C=O) groups excluding carboxylic acids is 2. The van der Waals surface area contributed by atoms with Crippen LogP contribution in [0.15, 0.2) is 108 Å². The van der Waals surface area contributed by atoms with E-state index in [-0.39, 0.29) is 29.7 Å². The summed E-state index contributed by atoms with van der Waals surface area (Å²) >= 11 is 0. The van der Waals surface area contributed by atoms with Gasteiger partial charge >= 0.3 is 0 Å². The number of benzene rings is 4. The molecule has 0 fully saturated rings. The normalized spacial score (nSPS) is 12.0. The largest absolute Gasteiger partial charge is 0.497 e. The smallest absolute Gasteiger partial charge is 0.264 e. The quantitative estimate of drug-likeness (QED) is 0.185. The maximum atomic E-state index is 14.6. The first-order valence-corrected chi connectivity index (χ1v) is 16.8. The van der Waals surface area contributed by atoms with Crippen molar-refractivity contribution in [2.45, 2.75) is 51.6 Å². The summed E-state index contributed by atoms with van der Waals surface area (Å²) in [6.07, 6.45) is 0.245. The monoisotopic (exact) mass is 641 g/mol. The Balaban J connectivity index is 1.83. The van der Waals surface area contributed by atoms with E-state index in [2.05, 4.69) is 5.32 Å². The molecule has 46 heavy (non-hydrogen) atoms. The zero-order valence-corrected chi connectivity index (χ0v) is 28.0. The zero-order valence-electron chi connectivity index (χ0n) is 27.1. The molecule has 0 heterocycles. The lowest BCUT2D eigenvalue weighted by molar-refractivity contribution is -0.140. The van der Waals surface area contributed by atoms with Crippen molar-refractivity contribution >= 4 is 27.5 Å². The average molecular weight is 642 g/mol. The third-order valence-corrected chi connectivity index (χ3v) is 9.46. The Morgan fingerprint density at radius 3 is 2.13 bits per heavy atom. The highest BCUT2D eigenvalue weighted by molar-refractivity contribution is 7.92. The zero-order chi connectivity index (χ0) is 33.3. The molecule has 4 aromatic carbocycles. The molecule has 0 spiro atoms. The summed E-state index contributed by atoms with van der Waals surface area (Å²) in [5.41, 5.74) is 3.57. The fourth-order valence-corrected chi connectivity index (χ4v) is 6.66. The predicted octanol–water partition coefficient (Wildman–Crippen LogP) is 5.92. The van der Waals surface area contributed by atoms with Crippen LogP contribution >= 0.6 is 0 Å². The lowest BCUT2D eigenvalue weighted by Crippen LogP contribution is -2.53. The number of amides is 2. The molecule has 1 atom stereocenters. The van der Waals surface area contributed by atoms with Crippen molar-refractivity contribution in [2.75, 3.05) is 24.5 Å². The molecule has 0 aliphatic heterocycles.